The highest BCUT2D eigenvalue weighted by Gasteiger charge is 2.34. The van der Waals surface area contributed by atoms with Crippen LogP contribution in [0.1, 0.15) is 37.4 Å². The Kier molecular flexibility index (Phi) is 5.76. The molecule has 1 heterocycles. The van der Waals surface area contributed by atoms with Gasteiger partial charge in [0.15, 0.2) is 0 Å². The van der Waals surface area contributed by atoms with Crippen molar-refractivity contribution >= 4 is 11.8 Å². The molecule has 1 aliphatic carbocycles. The molecule has 3 rings (SSSR count). The standard InChI is InChI=1S/C21H27N3O2/c1-3-20(25)24(18-11-12-18)16-21(26)23(14-17-8-5-4-6-9-17)15-19-10-7-13-22(19)2/h4-10,13,18H,3,11-12,14-16H2,1-2H3. The molecule has 0 N–H and O–H groups in total. The second-order valence-electron chi connectivity index (χ2n) is 6.95. The highest BCUT2D eigenvalue weighted by Crippen LogP contribution is 2.27. The highest BCUT2D eigenvalue weighted by molar-refractivity contribution is 5.85. The summed E-state index contributed by atoms with van der Waals surface area (Å²) >= 11 is 0. The fraction of sp³-hybridized carbons (Fsp3) is 0.429. The van der Waals surface area contributed by atoms with Crippen LogP contribution in [0.2, 0.25) is 0 Å². The smallest absolute Gasteiger partial charge is 0.242 e. The van der Waals surface area contributed by atoms with E-state index < -0.39 is 0 Å². The zero-order chi connectivity index (χ0) is 18.5. The van der Waals surface area contributed by atoms with Crippen molar-refractivity contribution in [2.75, 3.05) is 6.54 Å². The number of rotatable bonds is 8. The van der Waals surface area contributed by atoms with E-state index >= 15 is 0 Å². The summed E-state index contributed by atoms with van der Waals surface area (Å²) in [5.74, 6) is 0.0723. The van der Waals surface area contributed by atoms with Crippen molar-refractivity contribution in [3.63, 3.8) is 0 Å². The van der Waals surface area contributed by atoms with Crippen molar-refractivity contribution in [3.05, 3.63) is 59.9 Å². The van der Waals surface area contributed by atoms with E-state index in [-0.39, 0.29) is 24.4 Å². The number of carbonyl (C=O) groups excluding carboxylic acids is 2. The Morgan fingerprint density at radius 1 is 1.04 bits per heavy atom. The van der Waals surface area contributed by atoms with Gasteiger partial charge in [0.1, 0.15) is 6.54 Å². The minimum absolute atomic E-state index is 0.00348. The van der Waals surface area contributed by atoms with Gasteiger partial charge in [0.25, 0.3) is 0 Å². The summed E-state index contributed by atoms with van der Waals surface area (Å²) in [7, 11) is 1.98. The Morgan fingerprint density at radius 3 is 2.35 bits per heavy atom. The van der Waals surface area contributed by atoms with Crippen molar-refractivity contribution in [3.8, 4) is 0 Å². The van der Waals surface area contributed by atoms with Crippen LogP contribution in [0, 0.1) is 0 Å². The van der Waals surface area contributed by atoms with Crippen LogP contribution in [0.3, 0.4) is 0 Å². The van der Waals surface area contributed by atoms with Crippen molar-refractivity contribution in [1.82, 2.24) is 14.4 Å². The van der Waals surface area contributed by atoms with Gasteiger partial charge in [0, 0.05) is 37.9 Å². The average molecular weight is 353 g/mol. The maximum Gasteiger partial charge on any atom is 0.242 e. The van der Waals surface area contributed by atoms with E-state index in [4.69, 9.17) is 0 Å². The van der Waals surface area contributed by atoms with E-state index in [2.05, 4.69) is 0 Å². The fourth-order valence-corrected chi connectivity index (χ4v) is 3.15. The third kappa shape index (κ3) is 4.54. The van der Waals surface area contributed by atoms with Gasteiger partial charge in [-0.15, -0.1) is 0 Å². The number of aryl methyl sites for hydroxylation is 1. The van der Waals surface area contributed by atoms with E-state index in [1.165, 1.54) is 0 Å². The topological polar surface area (TPSA) is 45.6 Å². The second kappa shape index (κ2) is 8.21. The third-order valence-corrected chi connectivity index (χ3v) is 4.89. The first-order valence-electron chi connectivity index (χ1n) is 9.30. The molecular weight excluding hydrogens is 326 g/mol. The Balaban J connectivity index is 1.75. The summed E-state index contributed by atoms with van der Waals surface area (Å²) in [6.07, 6.45) is 4.45. The molecule has 0 bridgehead atoms. The predicted octanol–water partition coefficient (Wildman–Crippen LogP) is 2.95. The van der Waals surface area contributed by atoms with E-state index in [1.807, 2.05) is 72.1 Å². The van der Waals surface area contributed by atoms with Crippen LogP contribution < -0.4 is 0 Å². The van der Waals surface area contributed by atoms with Gasteiger partial charge >= 0.3 is 0 Å². The second-order valence-corrected chi connectivity index (χ2v) is 6.95. The number of benzene rings is 1. The van der Waals surface area contributed by atoms with Crippen LogP contribution in [-0.2, 0) is 29.7 Å². The van der Waals surface area contributed by atoms with Crippen LogP contribution in [0.5, 0.6) is 0 Å². The summed E-state index contributed by atoms with van der Waals surface area (Å²) in [4.78, 5) is 28.9. The minimum Gasteiger partial charge on any atom is -0.353 e. The van der Waals surface area contributed by atoms with Gasteiger partial charge in [-0.25, -0.2) is 0 Å². The van der Waals surface area contributed by atoms with Crippen LogP contribution in [0.15, 0.2) is 48.7 Å². The van der Waals surface area contributed by atoms with Crippen LogP contribution in [0.4, 0.5) is 0 Å². The van der Waals surface area contributed by atoms with E-state index in [1.54, 1.807) is 4.90 Å². The van der Waals surface area contributed by atoms with E-state index in [0.29, 0.717) is 19.5 Å². The molecule has 1 fully saturated rings. The largest absolute Gasteiger partial charge is 0.353 e. The van der Waals surface area contributed by atoms with Crippen molar-refractivity contribution in [1.29, 1.82) is 0 Å². The molecule has 2 aromatic rings. The SMILES string of the molecule is CCC(=O)N(CC(=O)N(Cc1ccccc1)Cc1cccn1C)C1CC1. The maximum atomic E-state index is 13.1. The number of hydrogen-bond donors (Lipinski definition) is 0. The van der Waals surface area contributed by atoms with Crippen LogP contribution in [-0.4, -0.2) is 38.8 Å². The Bertz CT molecular complexity index is 750. The Morgan fingerprint density at radius 2 is 1.77 bits per heavy atom. The normalized spacial score (nSPS) is 13.5. The van der Waals surface area contributed by atoms with Crippen molar-refractivity contribution in [2.45, 2.75) is 45.3 Å². The summed E-state index contributed by atoms with van der Waals surface area (Å²) < 4.78 is 2.03. The van der Waals surface area contributed by atoms with Gasteiger partial charge in [-0.3, -0.25) is 9.59 Å². The lowest BCUT2D eigenvalue weighted by molar-refractivity contribution is -0.141. The van der Waals surface area contributed by atoms with Crippen LogP contribution in [0.25, 0.3) is 0 Å². The summed E-state index contributed by atoms with van der Waals surface area (Å²) in [6, 6.07) is 14.3. The van der Waals surface area contributed by atoms with Gasteiger partial charge in [-0.2, -0.15) is 0 Å². The Labute approximate surface area is 155 Å². The third-order valence-electron chi connectivity index (χ3n) is 4.89. The van der Waals surface area contributed by atoms with Gasteiger partial charge < -0.3 is 14.4 Å². The molecule has 5 nitrogen and oxygen atoms in total. The first-order valence-corrected chi connectivity index (χ1v) is 9.30. The quantitative estimate of drug-likeness (QED) is 0.732. The lowest BCUT2D eigenvalue weighted by Gasteiger charge is -2.28. The predicted molar refractivity (Wildman–Crippen MR) is 101 cm³/mol. The summed E-state index contributed by atoms with van der Waals surface area (Å²) in [5, 5.41) is 0. The lowest BCUT2D eigenvalue weighted by atomic mass is 10.2. The molecule has 138 valence electrons. The average Bonchev–Trinajstić information content (AvgIpc) is 3.42. The van der Waals surface area contributed by atoms with Gasteiger partial charge in [0.2, 0.25) is 11.8 Å². The van der Waals surface area contributed by atoms with Gasteiger partial charge in [-0.1, -0.05) is 37.3 Å². The molecule has 0 aliphatic heterocycles. The number of hydrogen-bond acceptors (Lipinski definition) is 2. The molecule has 0 radical (unpaired) electrons. The molecule has 26 heavy (non-hydrogen) atoms. The molecule has 0 atom stereocenters. The molecule has 2 amide bonds. The number of carbonyl (C=O) groups is 2. The highest BCUT2D eigenvalue weighted by atomic mass is 16.2. The molecule has 0 spiro atoms. The van der Waals surface area contributed by atoms with E-state index in [9.17, 15) is 9.59 Å². The maximum absolute atomic E-state index is 13.1. The van der Waals surface area contributed by atoms with Crippen molar-refractivity contribution < 1.29 is 9.59 Å². The van der Waals surface area contributed by atoms with Crippen LogP contribution >= 0.6 is 0 Å². The van der Waals surface area contributed by atoms with Crippen molar-refractivity contribution in [2.24, 2.45) is 7.05 Å². The minimum atomic E-state index is 0.00348. The number of amides is 2. The molecule has 5 heteroatoms. The molecule has 1 aromatic carbocycles. The zero-order valence-corrected chi connectivity index (χ0v) is 15.6. The molecule has 1 aliphatic rings. The summed E-state index contributed by atoms with van der Waals surface area (Å²) in [6.45, 7) is 3.11. The first-order chi connectivity index (χ1) is 12.6. The lowest BCUT2D eigenvalue weighted by Crippen LogP contribution is -2.43. The molecule has 1 aromatic heterocycles. The van der Waals surface area contributed by atoms with Gasteiger partial charge in [0.05, 0.1) is 6.54 Å². The van der Waals surface area contributed by atoms with E-state index in [0.717, 1.165) is 24.1 Å². The van der Waals surface area contributed by atoms with Gasteiger partial charge in [-0.05, 0) is 30.5 Å². The molecule has 0 saturated heterocycles. The monoisotopic (exact) mass is 353 g/mol. The molecule has 1 saturated carbocycles. The molecule has 0 unspecified atom stereocenters. The summed E-state index contributed by atoms with van der Waals surface area (Å²) in [5.41, 5.74) is 2.17. The molecular formula is C21H27N3O2. The first kappa shape index (κ1) is 18.2. The zero-order valence-electron chi connectivity index (χ0n) is 15.6. The number of aromatic nitrogens is 1. The Hall–Kier alpha value is -2.56. The fourth-order valence-electron chi connectivity index (χ4n) is 3.15. The number of nitrogens with zero attached hydrogens (tertiary/aromatic N) is 3.